The molecule has 0 fully saturated rings. The first kappa shape index (κ1) is 16.5. The largest absolute Gasteiger partial charge is 0.480 e. The number of halogens is 3. The molecule has 0 amide bonds. The van der Waals surface area contributed by atoms with Crippen LogP contribution < -0.4 is 5.32 Å². The molecule has 0 aliphatic heterocycles. The second-order valence-electron chi connectivity index (χ2n) is 5.07. The Hall–Kier alpha value is -1.56. The molecule has 20 heavy (non-hydrogen) atoms. The molecule has 1 aromatic rings. The molecule has 2 unspecified atom stereocenters. The van der Waals surface area contributed by atoms with Gasteiger partial charge in [-0.2, -0.15) is 13.2 Å². The number of benzene rings is 1. The summed E-state index contributed by atoms with van der Waals surface area (Å²) < 4.78 is 37.3. The molecule has 0 aromatic heterocycles. The molecule has 2 atom stereocenters. The first-order chi connectivity index (χ1) is 9.12. The maximum Gasteiger partial charge on any atom is 0.416 e. The van der Waals surface area contributed by atoms with Crippen molar-refractivity contribution in [1.82, 2.24) is 5.32 Å². The van der Waals surface area contributed by atoms with Crippen LogP contribution in [-0.4, -0.2) is 17.1 Å². The van der Waals surface area contributed by atoms with Gasteiger partial charge in [-0.05, 0) is 30.5 Å². The number of hydrogen-bond acceptors (Lipinski definition) is 2. The van der Waals surface area contributed by atoms with Crippen molar-refractivity contribution in [1.29, 1.82) is 0 Å². The van der Waals surface area contributed by atoms with Gasteiger partial charge in [0.25, 0.3) is 0 Å². The molecule has 0 aliphatic carbocycles. The molecular formula is C14H18F3NO2. The van der Waals surface area contributed by atoms with E-state index in [0.717, 1.165) is 12.1 Å². The molecule has 1 rings (SSSR count). The van der Waals surface area contributed by atoms with E-state index in [1.165, 1.54) is 12.1 Å². The number of carboxylic acids is 1. The molecule has 0 bridgehead atoms. The number of carboxylic acid groups (broad SMARTS) is 1. The fourth-order valence-electron chi connectivity index (χ4n) is 1.88. The second-order valence-corrected chi connectivity index (χ2v) is 5.07. The van der Waals surface area contributed by atoms with E-state index in [1.807, 2.05) is 0 Å². The molecule has 1 aromatic carbocycles. The van der Waals surface area contributed by atoms with Gasteiger partial charge in [-0.3, -0.25) is 10.1 Å². The number of alkyl halides is 3. The smallest absolute Gasteiger partial charge is 0.416 e. The van der Waals surface area contributed by atoms with Gasteiger partial charge in [0.05, 0.1) is 5.56 Å². The normalized spacial score (nSPS) is 15.2. The summed E-state index contributed by atoms with van der Waals surface area (Å²) in [6.07, 6.45) is -4.36. The van der Waals surface area contributed by atoms with Gasteiger partial charge in [-0.25, -0.2) is 0 Å². The summed E-state index contributed by atoms with van der Waals surface area (Å²) in [7, 11) is 0. The second kappa shape index (κ2) is 6.26. The number of nitrogens with one attached hydrogen (secondary N) is 1. The Morgan fingerprint density at radius 3 is 2.00 bits per heavy atom. The lowest BCUT2D eigenvalue weighted by molar-refractivity contribution is -0.141. The van der Waals surface area contributed by atoms with Crippen molar-refractivity contribution in [2.45, 2.75) is 39.0 Å². The van der Waals surface area contributed by atoms with Crippen LogP contribution in [0.3, 0.4) is 0 Å². The van der Waals surface area contributed by atoms with Crippen molar-refractivity contribution >= 4 is 5.97 Å². The van der Waals surface area contributed by atoms with Crippen LogP contribution in [0.2, 0.25) is 0 Å². The van der Waals surface area contributed by atoms with Gasteiger partial charge in [0.2, 0.25) is 0 Å². The standard InChI is InChI=1S/C14H18F3NO2/c1-8(2)12(13(19)20)18-9(3)10-4-6-11(7-5-10)14(15,16)17/h4-9,12,18H,1-3H3,(H,19,20). The van der Waals surface area contributed by atoms with Crippen LogP contribution in [0.15, 0.2) is 24.3 Å². The van der Waals surface area contributed by atoms with Crippen LogP contribution in [0.25, 0.3) is 0 Å². The van der Waals surface area contributed by atoms with E-state index in [2.05, 4.69) is 5.32 Å². The SMILES string of the molecule is CC(NC(C(=O)O)C(C)C)c1ccc(C(F)(F)F)cc1. The zero-order chi connectivity index (χ0) is 15.5. The minimum absolute atomic E-state index is 0.121. The summed E-state index contributed by atoms with van der Waals surface area (Å²) in [5, 5.41) is 12.0. The van der Waals surface area contributed by atoms with E-state index < -0.39 is 23.8 Å². The van der Waals surface area contributed by atoms with Crippen molar-refractivity contribution < 1.29 is 23.1 Å². The highest BCUT2D eigenvalue weighted by molar-refractivity contribution is 5.73. The van der Waals surface area contributed by atoms with Crippen molar-refractivity contribution in [3.05, 3.63) is 35.4 Å². The highest BCUT2D eigenvalue weighted by Crippen LogP contribution is 2.30. The number of hydrogen-bond donors (Lipinski definition) is 2. The van der Waals surface area contributed by atoms with Gasteiger partial charge < -0.3 is 5.11 Å². The maximum atomic E-state index is 12.4. The fraction of sp³-hybridized carbons (Fsp3) is 0.500. The van der Waals surface area contributed by atoms with Gasteiger partial charge in [0, 0.05) is 6.04 Å². The van der Waals surface area contributed by atoms with Gasteiger partial charge in [-0.1, -0.05) is 26.0 Å². The molecule has 2 N–H and O–H groups in total. The molecule has 0 spiro atoms. The molecule has 0 heterocycles. The Morgan fingerprint density at radius 1 is 1.15 bits per heavy atom. The zero-order valence-corrected chi connectivity index (χ0v) is 11.5. The third-order valence-electron chi connectivity index (χ3n) is 3.10. The third-order valence-corrected chi connectivity index (χ3v) is 3.10. The minimum atomic E-state index is -4.36. The van der Waals surface area contributed by atoms with Gasteiger partial charge in [0.15, 0.2) is 0 Å². The molecule has 112 valence electrons. The summed E-state index contributed by atoms with van der Waals surface area (Å²) in [6.45, 7) is 5.26. The van der Waals surface area contributed by atoms with Crippen LogP contribution in [0.5, 0.6) is 0 Å². The molecule has 0 saturated heterocycles. The quantitative estimate of drug-likeness (QED) is 0.872. The van der Waals surface area contributed by atoms with Gasteiger partial charge in [0.1, 0.15) is 6.04 Å². The molecular weight excluding hydrogens is 271 g/mol. The minimum Gasteiger partial charge on any atom is -0.480 e. The fourth-order valence-corrected chi connectivity index (χ4v) is 1.88. The Kier molecular flexibility index (Phi) is 5.16. The predicted octanol–water partition coefficient (Wildman–Crippen LogP) is 3.47. The van der Waals surface area contributed by atoms with E-state index >= 15 is 0 Å². The van der Waals surface area contributed by atoms with Crippen molar-refractivity contribution in [2.75, 3.05) is 0 Å². The van der Waals surface area contributed by atoms with Crippen molar-refractivity contribution in [3.8, 4) is 0 Å². The van der Waals surface area contributed by atoms with E-state index in [-0.39, 0.29) is 12.0 Å². The Bertz CT molecular complexity index is 454. The Morgan fingerprint density at radius 2 is 1.65 bits per heavy atom. The summed E-state index contributed by atoms with van der Waals surface area (Å²) in [4.78, 5) is 11.1. The van der Waals surface area contributed by atoms with E-state index in [9.17, 15) is 18.0 Å². The number of carbonyl (C=O) groups is 1. The van der Waals surface area contributed by atoms with Crippen LogP contribution in [0.1, 0.15) is 37.9 Å². The average Bonchev–Trinajstić information content (AvgIpc) is 2.34. The molecule has 3 nitrogen and oxygen atoms in total. The number of aliphatic carboxylic acids is 1. The zero-order valence-electron chi connectivity index (χ0n) is 11.5. The molecule has 0 radical (unpaired) electrons. The predicted molar refractivity (Wildman–Crippen MR) is 69.3 cm³/mol. The topological polar surface area (TPSA) is 49.3 Å². The lowest BCUT2D eigenvalue weighted by Crippen LogP contribution is -2.42. The third kappa shape index (κ3) is 4.23. The van der Waals surface area contributed by atoms with Crippen molar-refractivity contribution in [2.24, 2.45) is 5.92 Å². The lowest BCUT2D eigenvalue weighted by atomic mass is 10.0. The van der Waals surface area contributed by atoms with Gasteiger partial charge >= 0.3 is 12.1 Å². The van der Waals surface area contributed by atoms with E-state index in [4.69, 9.17) is 5.11 Å². The molecule has 6 heteroatoms. The van der Waals surface area contributed by atoms with Crippen LogP contribution in [0, 0.1) is 5.92 Å². The molecule has 0 saturated carbocycles. The van der Waals surface area contributed by atoms with E-state index in [0.29, 0.717) is 5.56 Å². The maximum absolute atomic E-state index is 12.4. The van der Waals surface area contributed by atoms with Gasteiger partial charge in [-0.15, -0.1) is 0 Å². The van der Waals surface area contributed by atoms with Crippen LogP contribution >= 0.6 is 0 Å². The number of rotatable bonds is 5. The monoisotopic (exact) mass is 289 g/mol. The first-order valence-electron chi connectivity index (χ1n) is 6.29. The van der Waals surface area contributed by atoms with Crippen LogP contribution in [-0.2, 0) is 11.0 Å². The summed E-state index contributed by atoms with van der Waals surface area (Å²) in [5.74, 6) is -1.09. The van der Waals surface area contributed by atoms with Crippen molar-refractivity contribution in [3.63, 3.8) is 0 Å². The average molecular weight is 289 g/mol. The van der Waals surface area contributed by atoms with Crippen LogP contribution in [0.4, 0.5) is 13.2 Å². The lowest BCUT2D eigenvalue weighted by Gasteiger charge is -2.23. The summed E-state index contributed by atoms with van der Waals surface area (Å²) in [6, 6.07) is 3.63. The summed E-state index contributed by atoms with van der Waals surface area (Å²) >= 11 is 0. The highest BCUT2D eigenvalue weighted by Gasteiger charge is 2.30. The van der Waals surface area contributed by atoms with E-state index in [1.54, 1.807) is 20.8 Å². The molecule has 0 aliphatic rings. The Labute approximate surface area is 115 Å². The first-order valence-corrected chi connectivity index (χ1v) is 6.29. The summed E-state index contributed by atoms with van der Waals surface area (Å²) in [5.41, 5.74) is -0.100. The highest BCUT2D eigenvalue weighted by atomic mass is 19.4. The Balaban J connectivity index is 2.82.